The lowest BCUT2D eigenvalue weighted by Crippen LogP contribution is -2.08. The average Bonchev–Trinajstić information content (AvgIpc) is 2.80. The number of nitrogens with zero attached hydrogens (tertiary/aromatic N) is 4. The number of anilines is 2. The number of aromatic nitrogens is 4. The minimum atomic E-state index is 0.432. The van der Waals surface area contributed by atoms with Crippen molar-refractivity contribution < 1.29 is 0 Å². The maximum Gasteiger partial charge on any atom is 0.148 e. The zero-order chi connectivity index (χ0) is 11.2. The maximum absolute atomic E-state index is 5.43. The molecule has 0 fully saturated rings. The predicted octanol–water partition coefficient (Wildman–Crippen LogP) is 0.757. The number of nitrogens with one attached hydrogen (secondary N) is 1. The fourth-order valence-corrected chi connectivity index (χ4v) is 1.33. The van der Waals surface area contributed by atoms with E-state index in [0.717, 1.165) is 25.3 Å². The van der Waals surface area contributed by atoms with Gasteiger partial charge in [0, 0.05) is 25.5 Å². The van der Waals surface area contributed by atoms with Crippen molar-refractivity contribution in [2.45, 2.75) is 13.0 Å². The molecule has 0 aromatic carbocycles. The first-order valence-electron chi connectivity index (χ1n) is 5.15. The highest BCUT2D eigenvalue weighted by atomic mass is 15.3. The largest absolute Gasteiger partial charge is 0.382 e. The molecule has 0 saturated heterocycles. The van der Waals surface area contributed by atoms with Gasteiger partial charge in [0.25, 0.3) is 0 Å². The zero-order valence-electron chi connectivity index (χ0n) is 8.87. The number of aryl methyl sites for hydroxylation is 1. The van der Waals surface area contributed by atoms with Crippen LogP contribution in [0.2, 0.25) is 0 Å². The van der Waals surface area contributed by atoms with Crippen LogP contribution < -0.4 is 11.1 Å². The first kappa shape index (κ1) is 10.4. The van der Waals surface area contributed by atoms with Crippen LogP contribution in [0.3, 0.4) is 0 Å². The summed E-state index contributed by atoms with van der Waals surface area (Å²) in [5, 5.41) is 14.9. The second-order valence-electron chi connectivity index (χ2n) is 3.39. The van der Waals surface area contributed by atoms with E-state index >= 15 is 0 Å². The topological polar surface area (TPSA) is 81.6 Å². The number of hydrogen-bond donors (Lipinski definition) is 2. The summed E-state index contributed by atoms with van der Waals surface area (Å²) in [6.07, 6.45) is 4.70. The van der Waals surface area contributed by atoms with E-state index in [0.29, 0.717) is 5.82 Å². The van der Waals surface area contributed by atoms with Crippen LogP contribution in [0.25, 0.3) is 0 Å². The zero-order valence-corrected chi connectivity index (χ0v) is 8.87. The van der Waals surface area contributed by atoms with E-state index in [1.165, 1.54) is 0 Å². The summed E-state index contributed by atoms with van der Waals surface area (Å²) < 4.78 is 1.90. The Bertz CT molecular complexity index is 407. The molecule has 84 valence electrons. The molecule has 0 atom stereocenters. The molecule has 0 amide bonds. The fourth-order valence-electron chi connectivity index (χ4n) is 1.33. The van der Waals surface area contributed by atoms with Crippen molar-refractivity contribution >= 4 is 11.6 Å². The van der Waals surface area contributed by atoms with Crippen molar-refractivity contribution in [1.82, 2.24) is 20.0 Å². The van der Waals surface area contributed by atoms with Crippen LogP contribution in [-0.4, -0.2) is 26.5 Å². The lowest BCUT2D eigenvalue weighted by atomic mass is 10.4. The number of nitrogen functional groups attached to an aromatic ring is 1. The highest BCUT2D eigenvalue weighted by molar-refractivity contribution is 5.38. The molecule has 6 heteroatoms. The molecular weight excluding hydrogens is 204 g/mol. The Kier molecular flexibility index (Phi) is 3.32. The number of nitrogens with two attached hydrogens (primary N) is 1. The standard InChI is InChI=1S/C10H14N6/c11-9-3-4-10(15-14-9)12-5-1-7-16-8-2-6-13-16/h2-4,6,8H,1,5,7H2,(H2,11,14)(H,12,15). The van der Waals surface area contributed by atoms with E-state index in [4.69, 9.17) is 5.73 Å². The number of rotatable bonds is 5. The van der Waals surface area contributed by atoms with Gasteiger partial charge in [0.1, 0.15) is 11.6 Å². The van der Waals surface area contributed by atoms with Crippen molar-refractivity contribution in [3.05, 3.63) is 30.6 Å². The fraction of sp³-hybridized carbons (Fsp3) is 0.300. The van der Waals surface area contributed by atoms with Crippen LogP contribution in [0.5, 0.6) is 0 Å². The molecule has 2 heterocycles. The summed E-state index contributed by atoms with van der Waals surface area (Å²) in [6, 6.07) is 5.46. The molecule has 0 unspecified atom stereocenters. The highest BCUT2D eigenvalue weighted by Crippen LogP contribution is 2.02. The van der Waals surface area contributed by atoms with Crippen molar-refractivity contribution in [3.8, 4) is 0 Å². The second-order valence-corrected chi connectivity index (χ2v) is 3.39. The van der Waals surface area contributed by atoms with Gasteiger partial charge in [-0.2, -0.15) is 5.10 Å². The smallest absolute Gasteiger partial charge is 0.148 e. The molecular formula is C10H14N6. The van der Waals surface area contributed by atoms with Gasteiger partial charge in [0.15, 0.2) is 0 Å². The van der Waals surface area contributed by atoms with Crippen LogP contribution in [0.1, 0.15) is 6.42 Å². The molecule has 16 heavy (non-hydrogen) atoms. The minimum Gasteiger partial charge on any atom is -0.382 e. The second kappa shape index (κ2) is 5.11. The molecule has 0 spiro atoms. The van der Waals surface area contributed by atoms with E-state index in [9.17, 15) is 0 Å². The van der Waals surface area contributed by atoms with Crippen molar-refractivity contribution in [2.75, 3.05) is 17.6 Å². The molecule has 2 rings (SSSR count). The van der Waals surface area contributed by atoms with Crippen LogP contribution in [-0.2, 0) is 6.54 Å². The monoisotopic (exact) mass is 218 g/mol. The quantitative estimate of drug-likeness (QED) is 0.724. The first-order valence-corrected chi connectivity index (χ1v) is 5.15. The Hall–Kier alpha value is -2.11. The predicted molar refractivity (Wildman–Crippen MR) is 61.8 cm³/mol. The van der Waals surface area contributed by atoms with Crippen LogP contribution in [0, 0.1) is 0 Å². The van der Waals surface area contributed by atoms with Gasteiger partial charge in [-0.3, -0.25) is 4.68 Å². The normalized spacial score (nSPS) is 10.2. The van der Waals surface area contributed by atoms with Gasteiger partial charge in [-0.05, 0) is 24.6 Å². The minimum absolute atomic E-state index is 0.432. The molecule has 0 radical (unpaired) electrons. The molecule has 2 aromatic heterocycles. The van der Waals surface area contributed by atoms with Crippen molar-refractivity contribution in [3.63, 3.8) is 0 Å². The van der Waals surface area contributed by atoms with Gasteiger partial charge in [-0.25, -0.2) is 0 Å². The van der Waals surface area contributed by atoms with Gasteiger partial charge >= 0.3 is 0 Å². The summed E-state index contributed by atoms with van der Waals surface area (Å²) in [5.74, 6) is 1.18. The summed E-state index contributed by atoms with van der Waals surface area (Å²) in [7, 11) is 0. The first-order chi connectivity index (χ1) is 7.84. The Morgan fingerprint density at radius 3 is 2.94 bits per heavy atom. The van der Waals surface area contributed by atoms with E-state index in [1.54, 1.807) is 12.3 Å². The maximum atomic E-state index is 5.43. The van der Waals surface area contributed by atoms with E-state index < -0.39 is 0 Å². The van der Waals surface area contributed by atoms with Crippen LogP contribution >= 0.6 is 0 Å². The summed E-state index contributed by atoms with van der Waals surface area (Å²) in [6.45, 7) is 1.72. The molecule has 0 aliphatic rings. The lowest BCUT2D eigenvalue weighted by Gasteiger charge is -2.04. The van der Waals surface area contributed by atoms with Gasteiger partial charge in [-0.15, -0.1) is 10.2 Å². The third-order valence-electron chi connectivity index (χ3n) is 2.11. The summed E-state index contributed by atoms with van der Waals surface area (Å²) in [4.78, 5) is 0. The van der Waals surface area contributed by atoms with Gasteiger partial charge < -0.3 is 11.1 Å². The third-order valence-corrected chi connectivity index (χ3v) is 2.11. The molecule has 0 aliphatic carbocycles. The third kappa shape index (κ3) is 2.94. The Balaban J connectivity index is 1.70. The molecule has 0 bridgehead atoms. The summed E-state index contributed by atoms with van der Waals surface area (Å²) >= 11 is 0. The molecule has 0 aliphatic heterocycles. The Morgan fingerprint density at radius 1 is 1.31 bits per heavy atom. The van der Waals surface area contributed by atoms with Crippen LogP contribution in [0.15, 0.2) is 30.6 Å². The van der Waals surface area contributed by atoms with Crippen LogP contribution in [0.4, 0.5) is 11.6 Å². The van der Waals surface area contributed by atoms with Crippen molar-refractivity contribution in [2.24, 2.45) is 0 Å². The summed E-state index contributed by atoms with van der Waals surface area (Å²) in [5.41, 5.74) is 5.43. The van der Waals surface area contributed by atoms with E-state index in [1.807, 2.05) is 23.0 Å². The SMILES string of the molecule is Nc1ccc(NCCCn2cccn2)nn1. The van der Waals surface area contributed by atoms with E-state index in [2.05, 4.69) is 20.6 Å². The van der Waals surface area contributed by atoms with Crippen molar-refractivity contribution in [1.29, 1.82) is 0 Å². The molecule has 3 N–H and O–H groups in total. The van der Waals surface area contributed by atoms with Gasteiger partial charge in [0.05, 0.1) is 0 Å². The molecule has 0 saturated carbocycles. The Labute approximate surface area is 93.5 Å². The Morgan fingerprint density at radius 2 is 2.25 bits per heavy atom. The molecule has 2 aromatic rings. The average molecular weight is 218 g/mol. The number of hydrogen-bond acceptors (Lipinski definition) is 5. The van der Waals surface area contributed by atoms with Gasteiger partial charge in [0.2, 0.25) is 0 Å². The lowest BCUT2D eigenvalue weighted by molar-refractivity contribution is 0.591. The van der Waals surface area contributed by atoms with E-state index in [-0.39, 0.29) is 0 Å². The highest BCUT2D eigenvalue weighted by Gasteiger charge is 1.94. The van der Waals surface area contributed by atoms with Gasteiger partial charge in [-0.1, -0.05) is 0 Å². The molecule has 6 nitrogen and oxygen atoms in total.